The van der Waals surface area contributed by atoms with E-state index in [4.69, 9.17) is 4.99 Å². The fourth-order valence-electron chi connectivity index (χ4n) is 8.99. The Morgan fingerprint density at radius 1 is 0.481 bits per heavy atom. The molecule has 3 heterocycles. The smallest absolute Gasteiger partial charge is 0.146 e. The number of hydrogen-bond donors (Lipinski definition) is 1. The minimum atomic E-state index is -0.269. The first-order chi connectivity index (χ1) is 26.8. The van der Waals surface area contributed by atoms with E-state index >= 15 is 0 Å². The quantitative estimate of drug-likeness (QED) is 0.195. The van der Waals surface area contributed by atoms with Crippen LogP contribution in [0.15, 0.2) is 181 Å². The molecule has 4 heteroatoms. The molecule has 54 heavy (non-hydrogen) atoms. The Hall–Kier alpha value is -6.75. The molecule has 252 valence electrons. The average Bonchev–Trinajstić information content (AvgIpc) is 3.79. The summed E-state index contributed by atoms with van der Waals surface area (Å²) in [6.45, 7) is 0. The van der Waals surface area contributed by atoms with Crippen LogP contribution in [0.25, 0.3) is 80.0 Å². The Bertz CT molecular complexity index is 3290. The minimum absolute atomic E-state index is 0.269. The van der Waals surface area contributed by atoms with Crippen LogP contribution in [0.1, 0.15) is 22.9 Å². The molecule has 1 atom stereocenters. The highest BCUT2D eigenvalue weighted by Gasteiger charge is 2.26. The fourth-order valence-corrected chi connectivity index (χ4v) is 10.1. The Morgan fingerprint density at radius 2 is 1.09 bits per heavy atom. The summed E-state index contributed by atoms with van der Waals surface area (Å²) in [7, 11) is 0. The maximum Gasteiger partial charge on any atom is 0.146 e. The maximum absolute atomic E-state index is 5.55. The van der Waals surface area contributed by atoms with Gasteiger partial charge in [-0.2, -0.15) is 0 Å². The van der Waals surface area contributed by atoms with E-state index in [9.17, 15) is 0 Å². The molecule has 0 radical (unpaired) electrons. The molecule has 0 fully saturated rings. The first-order valence-corrected chi connectivity index (χ1v) is 19.3. The number of nitrogens with zero attached hydrogens (tertiary/aromatic N) is 2. The van der Waals surface area contributed by atoms with Gasteiger partial charge < -0.3 is 9.88 Å². The van der Waals surface area contributed by atoms with Gasteiger partial charge in [0.05, 0.1) is 22.4 Å². The minimum Gasteiger partial charge on any atom is -0.359 e. The molecule has 1 N–H and O–H groups in total. The zero-order chi connectivity index (χ0) is 35.3. The summed E-state index contributed by atoms with van der Waals surface area (Å²) in [5.74, 6) is 0. The van der Waals surface area contributed by atoms with Crippen molar-refractivity contribution in [2.45, 2.75) is 6.17 Å². The van der Waals surface area contributed by atoms with E-state index in [2.05, 4.69) is 186 Å². The van der Waals surface area contributed by atoms with Gasteiger partial charge in [-0.1, -0.05) is 133 Å². The molecule has 1 aliphatic heterocycles. The molecule has 0 aliphatic carbocycles. The molecule has 0 saturated heterocycles. The number of aromatic nitrogens is 1. The average molecular weight is 706 g/mol. The van der Waals surface area contributed by atoms with Crippen LogP contribution in [0.2, 0.25) is 0 Å². The van der Waals surface area contributed by atoms with Gasteiger partial charge in [-0.05, 0) is 69.4 Å². The van der Waals surface area contributed by atoms with E-state index in [0.29, 0.717) is 0 Å². The Kier molecular flexibility index (Phi) is 6.27. The highest BCUT2D eigenvalue weighted by atomic mass is 32.1. The molecular formula is C50H31N3S. The zero-order valence-electron chi connectivity index (χ0n) is 29.1. The lowest BCUT2D eigenvalue weighted by Gasteiger charge is -2.27. The number of anilines is 1. The van der Waals surface area contributed by atoms with Gasteiger partial charge in [0, 0.05) is 58.7 Å². The number of fused-ring (bicyclic) bond motifs is 12. The van der Waals surface area contributed by atoms with E-state index in [1.165, 1.54) is 74.3 Å². The first kappa shape index (κ1) is 29.8. The van der Waals surface area contributed by atoms with Crippen LogP contribution in [-0.2, 0) is 0 Å². The van der Waals surface area contributed by atoms with Crippen molar-refractivity contribution < 1.29 is 0 Å². The molecule has 9 aromatic carbocycles. The summed E-state index contributed by atoms with van der Waals surface area (Å²) in [5.41, 5.74) is 9.10. The van der Waals surface area contributed by atoms with Crippen molar-refractivity contribution in [1.29, 1.82) is 0 Å². The van der Waals surface area contributed by atoms with Crippen LogP contribution in [0, 0.1) is 0 Å². The lowest BCUT2D eigenvalue weighted by atomic mass is 9.95. The standard InChI is InChI=1S/C50H31N3S/c1-3-13-33-30(11-1)21-25-43-47(33)48-34-14-4-2-12-31(34)22-26-44(48)53(43)42-27-24-38(35-15-5-6-16-36(35)42)50-51-41-19-9-7-18-39(41)49(52-50)32-23-28-46-40(29-32)37-17-8-10-20-45(37)54-46/h1-29,50-51H. The highest BCUT2D eigenvalue weighted by molar-refractivity contribution is 7.25. The van der Waals surface area contributed by atoms with E-state index in [1.807, 2.05) is 11.3 Å². The molecule has 0 spiro atoms. The Balaban J connectivity index is 1.09. The largest absolute Gasteiger partial charge is 0.359 e. The van der Waals surface area contributed by atoms with Gasteiger partial charge in [-0.3, -0.25) is 4.99 Å². The summed E-state index contributed by atoms with van der Waals surface area (Å²) >= 11 is 1.85. The van der Waals surface area contributed by atoms with Crippen LogP contribution in [0.4, 0.5) is 5.69 Å². The second-order valence-corrected chi connectivity index (χ2v) is 15.4. The normalized spacial score (nSPS) is 14.4. The van der Waals surface area contributed by atoms with Gasteiger partial charge >= 0.3 is 0 Å². The van der Waals surface area contributed by atoms with Crippen molar-refractivity contribution in [3.63, 3.8) is 0 Å². The van der Waals surface area contributed by atoms with Gasteiger partial charge in [-0.15, -0.1) is 11.3 Å². The molecular weight excluding hydrogens is 675 g/mol. The predicted molar refractivity (Wildman–Crippen MR) is 231 cm³/mol. The molecule has 0 amide bonds. The van der Waals surface area contributed by atoms with Crippen LogP contribution in [0.5, 0.6) is 0 Å². The predicted octanol–water partition coefficient (Wildman–Crippen LogP) is 13.6. The molecule has 3 nitrogen and oxygen atoms in total. The molecule has 0 saturated carbocycles. The number of para-hydroxylation sites is 1. The third kappa shape index (κ3) is 4.26. The summed E-state index contributed by atoms with van der Waals surface area (Å²) in [4.78, 5) is 5.55. The number of aliphatic imine (C=N–C) groups is 1. The second kappa shape index (κ2) is 11.4. The number of rotatable bonds is 3. The summed E-state index contributed by atoms with van der Waals surface area (Å²) in [6.07, 6.45) is -0.269. The molecule has 11 aromatic rings. The first-order valence-electron chi connectivity index (χ1n) is 18.5. The van der Waals surface area contributed by atoms with Crippen LogP contribution in [-0.4, -0.2) is 10.3 Å². The van der Waals surface area contributed by atoms with Crippen LogP contribution >= 0.6 is 11.3 Å². The van der Waals surface area contributed by atoms with Crippen molar-refractivity contribution >= 4 is 97.0 Å². The van der Waals surface area contributed by atoms with Crippen molar-refractivity contribution in [2.75, 3.05) is 5.32 Å². The summed E-state index contributed by atoms with van der Waals surface area (Å²) < 4.78 is 5.09. The lowest BCUT2D eigenvalue weighted by molar-refractivity contribution is 0.836. The summed E-state index contributed by atoms with van der Waals surface area (Å²) in [5, 5.41) is 16.4. The van der Waals surface area contributed by atoms with E-state index in [-0.39, 0.29) is 6.17 Å². The van der Waals surface area contributed by atoms with E-state index < -0.39 is 0 Å². The van der Waals surface area contributed by atoms with Gasteiger partial charge in [0.15, 0.2) is 0 Å². The van der Waals surface area contributed by atoms with Gasteiger partial charge in [0.2, 0.25) is 0 Å². The SMILES string of the molecule is c1ccc2c(c1)NC(c1ccc(-n3c4ccc5ccccc5c4c4c5ccccc5ccc43)c3ccccc13)N=C2c1ccc2sc3ccccc3c2c1. The van der Waals surface area contributed by atoms with E-state index in [1.54, 1.807) is 0 Å². The Morgan fingerprint density at radius 3 is 1.85 bits per heavy atom. The molecule has 1 aliphatic rings. The number of nitrogens with one attached hydrogen (secondary N) is 1. The van der Waals surface area contributed by atoms with Crippen molar-refractivity contribution in [3.8, 4) is 5.69 Å². The number of hydrogen-bond acceptors (Lipinski definition) is 3. The second-order valence-electron chi connectivity index (χ2n) is 14.3. The van der Waals surface area contributed by atoms with Gasteiger partial charge in [0.1, 0.15) is 6.17 Å². The zero-order valence-corrected chi connectivity index (χ0v) is 29.9. The van der Waals surface area contributed by atoms with Crippen molar-refractivity contribution in [3.05, 3.63) is 193 Å². The topological polar surface area (TPSA) is 29.3 Å². The molecule has 12 rings (SSSR count). The number of thiophene rings is 1. The molecule has 1 unspecified atom stereocenters. The summed E-state index contributed by atoms with van der Waals surface area (Å²) in [6, 6.07) is 64.3. The van der Waals surface area contributed by atoms with Crippen molar-refractivity contribution in [1.82, 2.24) is 4.57 Å². The molecule has 0 bridgehead atoms. The van der Waals surface area contributed by atoms with Gasteiger partial charge in [0.25, 0.3) is 0 Å². The van der Waals surface area contributed by atoms with Crippen molar-refractivity contribution in [2.24, 2.45) is 4.99 Å². The number of benzene rings is 9. The fraction of sp³-hybridized carbons (Fsp3) is 0.0200. The third-order valence-corrected chi connectivity index (χ3v) is 12.6. The molecule has 2 aromatic heterocycles. The lowest BCUT2D eigenvalue weighted by Crippen LogP contribution is -2.21. The van der Waals surface area contributed by atoms with Crippen LogP contribution < -0.4 is 5.32 Å². The third-order valence-electron chi connectivity index (χ3n) is 11.4. The monoisotopic (exact) mass is 705 g/mol. The van der Waals surface area contributed by atoms with E-state index in [0.717, 1.165) is 33.8 Å². The Labute approximate surface area is 315 Å². The maximum atomic E-state index is 5.55. The van der Waals surface area contributed by atoms with Crippen LogP contribution in [0.3, 0.4) is 0 Å². The van der Waals surface area contributed by atoms with Gasteiger partial charge in [-0.25, -0.2) is 0 Å². The highest BCUT2D eigenvalue weighted by Crippen LogP contribution is 2.43.